The molecule has 1 aromatic carbocycles. The molecule has 0 heterocycles. The Morgan fingerprint density at radius 2 is 2.19 bits per heavy atom. The molecule has 88 valence electrons. The SMILES string of the molecule is Cc1ccc(N)c(NC(=O)COC(C)C)c1. The number of carbonyl (C=O) groups excluding carboxylic acids is 1. The monoisotopic (exact) mass is 222 g/mol. The fourth-order valence-corrected chi connectivity index (χ4v) is 1.21. The molecule has 0 bridgehead atoms. The van der Waals surface area contributed by atoms with Crippen LogP contribution in [0, 0.1) is 6.92 Å². The van der Waals surface area contributed by atoms with Crippen molar-refractivity contribution >= 4 is 17.3 Å². The summed E-state index contributed by atoms with van der Waals surface area (Å²) in [7, 11) is 0. The van der Waals surface area contributed by atoms with E-state index in [1.54, 1.807) is 6.07 Å². The highest BCUT2D eigenvalue weighted by Gasteiger charge is 2.06. The molecule has 16 heavy (non-hydrogen) atoms. The molecule has 0 fully saturated rings. The van der Waals surface area contributed by atoms with Gasteiger partial charge in [0.15, 0.2) is 0 Å². The normalized spacial score (nSPS) is 10.5. The average molecular weight is 222 g/mol. The van der Waals surface area contributed by atoms with Gasteiger partial charge in [-0.05, 0) is 38.5 Å². The molecular weight excluding hydrogens is 204 g/mol. The highest BCUT2D eigenvalue weighted by Crippen LogP contribution is 2.19. The van der Waals surface area contributed by atoms with Crippen molar-refractivity contribution in [1.82, 2.24) is 0 Å². The van der Waals surface area contributed by atoms with E-state index < -0.39 is 0 Å². The van der Waals surface area contributed by atoms with E-state index in [-0.39, 0.29) is 18.6 Å². The predicted octanol–water partition coefficient (Wildman–Crippen LogP) is 1.94. The molecule has 0 saturated heterocycles. The van der Waals surface area contributed by atoms with Crippen LogP contribution < -0.4 is 11.1 Å². The summed E-state index contributed by atoms with van der Waals surface area (Å²) in [5, 5.41) is 2.72. The largest absolute Gasteiger partial charge is 0.397 e. The van der Waals surface area contributed by atoms with Gasteiger partial charge in [0.2, 0.25) is 5.91 Å². The van der Waals surface area contributed by atoms with E-state index in [0.717, 1.165) is 5.56 Å². The maximum Gasteiger partial charge on any atom is 0.250 e. The third-order valence-electron chi connectivity index (χ3n) is 2.03. The lowest BCUT2D eigenvalue weighted by molar-refractivity contribution is -0.121. The van der Waals surface area contributed by atoms with E-state index in [9.17, 15) is 4.79 Å². The van der Waals surface area contributed by atoms with Gasteiger partial charge in [-0.1, -0.05) is 6.07 Å². The molecular formula is C12H18N2O2. The Balaban J connectivity index is 2.59. The summed E-state index contributed by atoms with van der Waals surface area (Å²) >= 11 is 0. The number of hydrogen-bond donors (Lipinski definition) is 2. The van der Waals surface area contributed by atoms with Crippen LogP contribution >= 0.6 is 0 Å². The fourth-order valence-electron chi connectivity index (χ4n) is 1.21. The van der Waals surface area contributed by atoms with Crippen LogP contribution in [0.1, 0.15) is 19.4 Å². The van der Waals surface area contributed by atoms with Crippen LogP contribution in [-0.2, 0) is 9.53 Å². The van der Waals surface area contributed by atoms with Gasteiger partial charge in [0.1, 0.15) is 6.61 Å². The van der Waals surface area contributed by atoms with Gasteiger partial charge >= 0.3 is 0 Å². The summed E-state index contributed by atoms with van der Waals surface area (Å²) < 4.78 is 5.19. The maximum absolute atomic E-state index is 11.5. The van der Waals surface area contributed by atoms with E-state index in [0.29, 0.717) is 11.4 Å². The number of amides is 1. The molecule has 1 amide bonds. The Kier molecular flexibility index (Phi) is 4.31. The minimum Gasteiger partial charge on any atom is -0.397 e. The summed E-state index contributed by atoms with van der Waals surface area (Å²) in [5.74, 6) is -0.189. The second-order valence-electron chi connectivity index (χ2n) is 4.00. The van der Waals surface area contributed by atoms with E-state index in [1.807, 2.05) is 32.9 Å². The molecule has 0 atom stereocenters. The van der Waals surface area contributed by atoms with Crippen molar-refractivity contribution in [1.29, 1.82) is 0 Å². The van der Waals surface area contributed by atoms with Crippen LogP contribution in [0.25, 0.3) is 0 Å². The quantitative estimate of drug-likeness (QED) is 0.765. The third-order valence-corrected chi connectivity index (χ3v) is 2.03. The van der Waals surface area contributed by atoms with Crippen molar-refractivity contribution in [3.63, 3.8) is 0 Å². The van der Waals surface area contributed by atoms with Gasteiger partial charge in [-0.2, -0.15) is 0 Å². The van der Waals surface area contributed by atoms with Gasteiger partial charge in [-0.15, -0.1) is 0 Å². The Morgan fingerprint density at radius 3 is 2.81 bits per heavy atom. The summed E-state index contributed by atoms with van der Waals surface area (Å²) in [5.41, 5.74) is 7.98. The van der Waals surface area contributed by atoms with Crippen molar-refractivity contribution in [3.05, 3.63) is 23.8 Å². The van der Waals surface area contributed by atoms with Gasteiger partial charge in [0.05, 0.1) is 17.5 Å². The van der Waals surface area contributed by atoms with E-state index >= 15 is 0 Å². The van der Waals surface area contributed by atoms with Crippen molar-refractivity contribution in [2.45, 2.75) is 26.9 Å². The third kappa shape index (κ3) is 3.90. The Hall–Kier alpha value is -1.55. The molecule has 0 aliphatic heterocycles. The first kappa shape index (κ1) is 12.5. The van der Waals surface area contributed by atoms with E-state index in [4.69, 9.17) is 10.5 Å². The number of carbonyl (C=O) groups is 1. The number of benzene rings is 1. The number of ether oxygens (including phenoxy) is 1. The zero-order valence-electron chi connectivity index (χ0n) is 9.91. The molecule has 0 saturated carbocycles. The first-order valence-corrected chi connectivity index (χ1v) is 5.26. The minimum atomic E-state index is -0.189. The van der Waals surface area contributed by atoms with Crippen molar-refractivity contribution in [2.75, 3.05) is 17.7 Å². The smallest absolute Gasteiger partial charge is 0.250 e. The second kappa shape index (κ2) is 5.51. The van der Waals surface area contributed by atoms with E-state index in [1.165, 1.54) is 0 Å². The van der Waals surface area contributed by atoms with Crippen molar-refractivity contribution in [3.8, 4) is 0 Å². The molecule has 1 aromatic rings. The zero-order valence-corrected chi connectivity index (χ0v) is 9.91. The van der Waals surface area contributed by atoms with Gasteiger partial charge in [-0.3, -0.25) is 4.79 Å². The summed E-state index contributed by atoms with van der Waals surface area (Å²) in [6, 6.07) is 5.51. The van der Waals surface area contributed by atoms with E-state index in [2.05, 4.69) is 5.32 Å². The molecule has 0 aromatic heterocycles. The Labute approximate surface area is 95.8 Å². The maximum atomic E-state index is 11.5. The second-order valence-corrected chi connectivity index (χ2v) is 4.00. The number of aryl methyl sites for hydroxylation is 1. The highest BCUT2D eigenvalue weighted by molar-refractivity contribution is 5.94. The first-order valence-electron chi connectivity index (χ1n) is 5.26. The standard InChI is InChI=1S/C12H18N2O2/c1-8(2)16-7-12(15)14-11-6-9(3)4-5-10(11)13/h4-6,8H,7,13H2,1-3H3,(H,14,15). The molecule has 3 N–H and O–H groups in total. The van der Waals surface area contributed by atoms with Crippen molar-refractivity contribution in [2.24, 2.45) is 0 Å². The number of nitrogens with one attached hydrogen (secondary N) is 1. The van der Waals surface area contributed by atoms with Crippen molar-refractivity contribution < 1.29 is 9.53 Å². The highest BCUT2D eigenvalue weighted by atomic mass is 16.5. The fraction of sp³-hybridized carbons (Fsp3) is 0.417. The minimum absolute atomic E-state index is 0.0422. The van der Waals surface area contributed by atoms with Gasteiger partial charge in [0.25, 0.3) is 0 Å². The molecule has 0 spiro atoms. The molecule has 0 unspecified atom stereocenters. The number of anilines is 2. The molecule has 4 nitrogen and oxygen atoms in total. The van der Waals surface area contributed by atoms with Gasteiger partial charge in [0, 0.05) is 0 Å². The molecule has 1 rings (SSSR count). The van der Waals surface area contributed by atoms with Gasteiger partial charge < -0.3 is 15.8 Å². The summed E-state index contributed by atoms with van der Waals surface area (Å²) in [6.07, 6.45) is 0.0422. The van der Waals surface area contributed by atoms with Crippen LogP contribution in [0.2, 0.25) is 0 Å². The topological polar surface area (TPSA) is 64.3 Å². The van der Waals surface area contributed by atoms with Crippen LogP contribution in [0.4, 0.5) is 11.4 Å². The number of rotatable bonds is 4. The Morgan fingerprint density at radius 1 is 1.50 bits per heavy atom. The zero-order chi connectivity index (χ0) is 12.1. The molecule has 0 radical (unpaired) electrons. The van der Waals surface area contributed by atoms with Crippen LogP contribution in [0.5, 0.6) is 0 Å². The first-order chi connectivity index (χ1) is 7.49. The number of nitrogens with two attached hydrogens (primary N) is 1. The summed E-state index contributed by atoms with van der Waals surface area (Å²) in [6.45, 7) is 5.76. The van der Waals surface area contributed by atoms with Crippen LogP contribution in [-0.4, -0.2) is 18.6 Å². The van der Waals surface area contributed by atoms with Crippen LogP contribution in [0.15, 0.2) is 18.2 Å². The lowest BCUT2D eigenvalue weighted by Crippen LogP contribution is -2.21. The predicted molar refractivity (Wildman–Crippen MR) is 65.3 cm³/mol. The number of nitrogen functional groups attached to an aromatic ring is 1. The summed E-state index contributed by atoms with van der Waals surface area (Å²) in [4.78, 5) is 11.5. The lowest BCUT2D eigenvalue weighted by atomic mass is 10.2. The number of hydrogen-bond acceptors (Lipinski definition) is 3. The van der Waals surface area contributed by atoms with Gasteiger partial charge in [-0.25, -0.2) is 0 Å². The molecule has 4 heteroatoms. The molecule has 0 aliphatic rings. The average Bonchev–Trinajstić information content (AvgIpc) is 2.20. The molecule has 0 aliphatic carbocycles. The Bertz CT molecular complexity index is 375. The lowest BCUT2D eigenvalue weighted by Gasteiger charge is -2.10. The van der Waals surface area contributed by atoms with Crippen LogP contribution in [0.3, 0.4) is 0 Å².